The van der Waals surface area contributed by atoms with Crippen LogP contribution in [0.25, 0.3) is 0 Å². The molecular formula is C24H38N4O. The molecule has 0 bridgehead atoms. The number of aryl methyl sites for hydroxylation is 1. The van der Waals surface area contributed by atoms with Gasteiger partial charge >= 0.3 is 0 Å². The van der Waals surface area contributed by atoms with Gasteiger partial charge in [-0.3, -0.25) is 14.6 Å². The van der Waals surface area contributed by atoms with Gasteiger partial charge in [0.05, 0.1) is 6.04 Å². The third-order valence-electron chi connectivity index (χ3n) is 7.39. The quantitative estimate of drug-likeness (QED) is 0.780. The molecule has 1 atom stereocenters. The molecule has 1 aromatic carbocycles. The summed E-state index contributed by atoms with van der Waals surface area (Å²) >= 11 is 0. The summed E-state index contributed by atoms with van der Waals surface area (Å²) in [6, 6.07) is 9.37. The van der Waals surface area contributed by atoms with E-state index in [1.165, 1.54) is 43.4 Å². The number of amides is 1. The zero-order chi connectivity index (χ0) is 20.2. The summed E-state index contributed by atoms with van der Waals surface area (Å²) in [4.78, 5) is 22.8. The summed E-state index contributed by atoms with van der Waals surface area (Å²) in [5, 5.41) is 0. The van der Waals surface area contributed by atoms with E-state index in [0.29, 0.717) is 5.91 Å². The van der Waals surface area contributed by atoms with Crippen LogP contribution in [0.15, 0.2) is 24.3 Å². The van der Waals surface area contributed by atoms with Crippen molar-refractivity contribution in [1.82, 2.24) is 14.7 Å². The van der Waals surface area contributed by atoms with E-state index in [4.69, 9.17) is 0 Å². The van der Waals surface area contributed by atoms with Gasteiger partial charge in [-0.15, -0.1) is 0 Å². The van der Waals surface area contributed by atoms with Gasteiger partial charge in [-0.2, -0.15) is 0 Å². The van der Waals surface area contributed by atoms with E-state index in [2.05, 4.69) is 57.7 Å². The molecule has 1 aromatic rings. The van der Waals surface area contributed by atoms with E-state index in [0.717, 1.165) is 58.4 Å². The van der Waals surface area contributed by atoms with Crippen LogP contribution in [-0.4, -0.2) is 85.0 Å². The lowest BCUT2D eigenvalue weighted by Gasteiger charge is -2.44. The molecule has 4 rings (SSSR count). The SMILES string of the molecule is Cc1ccccc1N1CCN(C(=O)[C@@H](C)N2CCN(C3CCCCC3)CC2)CC1. The first-order valence-corrected chi connectivity index (χ1v) is 11.7. The Hall–Kier alpha value is -1.59. The summed E-state index contributed by atoms with van der Waals surface area (Å²) in [6.07, 6.45) is 6.96. The number of nitrogens with zero attached hydrogens (tertiary/aromatic N) is 4. The Labute approximate surface area is 176 Å². The highest BCUT2D eigenvalue weighted by Crippen LogP contribution is 2.24. The Bertz CT molecular complexity index is 671. The topological polar surface area (TPSA) is 30.0 Å². The molecule has 29 heavy (non-hydrogen) atoms. The minimum atomic E-state index is 0.00789. The molecule has 2 saturated heterocycles. The largest absolute Gasteiger partial charge is 0.368 e. The van der Waals surface area contributed by atoms with E-state index >= 15 is 0 Å². The predicted octanol–water partition coefficient (Wildman–Crippen LogP) is 2.98. The number of hydrogen-bond donors (Lipinski definition) is 0. The van der Waals surface area contributed by atoms with Crippen LogP contribution < -0.4 is 4.90 Å². The van der Waals surface area contributed by atoms with Crippen LogP contribution in [0.2, 0.25) is 0 Å². The Balaban J connectivity index is 1.25. The van der Waals surface area contributed by atoms with E-state index in [-0.39, 0.29) is 6.04 Å². The van der Waals surface area contributed by atoms with Gasteiger partial charge in [-0.25, -0.2) is 0 Å². The van der Waals surface area contributed by atoms with Crippen LogP contribution in [-0.2, 0) is 4.79 Å². The highest BCUT2D eigenvalue weighted by molar-refractivity contribution is 5.81. The van der Waals surface area contributed by atoms with Gasteiger partial charge < -0.3 is 9.80 Å². The summed E-state index contributed by atoms with van der Waals surface area (Å²) in [7, 11) is 0. The molecule has 1 amide bonds. The van der Waals surface area contributed by atoms with Crippen LogP contribution in [0, 0.1) is 6.92 Å². The summed E-state index contributed by atoms with van der Waals surface area (Å²) in [5.74, 6) is 0.320. The van der Waals surface area contributed by atoms with Crippen LogP contribution in [0.4, 0.5) is 5.69 Å². The third-order valence-corrected chi connectivity index (χ3v) is 7.39. The van der Waals surface area contributed by atoms with E-state index in [1.807, 2.05) is 0 Å². The van der Waals surface area contributed by atoms with Gasteiger partial charge in [0.25, 0.3) is 0 Å². The van der Waals surface area contributed by atoms with Crippen molar-refractivity contribution >= 4 is 11.6 Å². The maximum Gasteiger partial charge on any atom is 0.239 e. The van der Waals surface area contributed by atoms with Gasteiger partial charge in [-0.05, 0) is 38.3 Å². The first-order chi connectivity index (χ1) is 14.1. The maximum absolute atomic E-state index is 13.1. The molecule has 5 heteroatoms. The number of carbonyl (C=O) groups is 1. The van der Waals surface area contributed by atoms with E-state index < -0.39 is 0 Å². The second-order valence-corrected chi connectivity index (χ2v) is 9.14. The van der Waals surface area contributed by atoms with Crippen molar-refractivity contribution in [2.75, 3.05) is 57.3 Å². The Morgan fingerprint density at radius 2 is 1.55 bits per heavy atom. The standard InChI is InChI=1S/C24H38N4O/c1-20-8-6-7-11-23(20)27-16-18-28(19-17-27)24(29)21(2)25-12-14-26(15-13-25)22-9-4-3-5-10-22/h6-8,11,21-22H,3-5,9-10,12-19H2,1-2H3/t21-/m1/s1. The molecule has 160 valence electrons. The molecule has 2 aliphatic heterocycles. The number of hydrogen-bond acceptors (Lipinski definition) is 4. The van der Waals surface area contributed by atoms with Crippen LogP contribution in [0.3, 0.4) is 0 Å². The fourth-order valence-electron chi connectivity index (χ4n) is 5.44. The Morgan fingerprint density at radius 1 is 0.897 bits per heavy atom. The Kier molecular flexibility index (Phi) is 6.76. The van der Waals surface area contributed by atoms with Crippen molar-refractivity contribution in [1.29, 1.82) is 0 Å². The minimum Gasteiger partial charge on any atom is -0.368 e. The van der Waals surface area contributed by atoms with Gasteiger partial charge in [0.1, 0.15) is 0 Å². The fourth-order valence-corrected chi connectivity index (χ4v) is 5.44. The smallest absolute Gasteiger partial charge is 0.239 e. The average molecular weight is 399 g/mol. The van der Waals surface area contributed by atoms with Crippen molar-refractivity contribution in [3.05, 3.63) is 29.8 Å². The van der Waals surface area contributed by atoms with Gasteiger partial charge in [-0.1, -0.05) is 37.5 Å². The molecule has 0 aromatic heterocycles. The Morgan fingerprint density at radius 3 is 2.21 bits per heavy atom. The number of benzene rings is 1. The zero-order valence-electron chi connectivity index (χ0n) is 18.4. The number of anilines is 1. The zero-order valence-corrected chi connectivity index (χ0v) is 18.4. The second-order valence-electron chi connectivity index (χ2n) is 9.14. The lowest BCUT2D eigenvalue weighted by molar-refractivity contribution is -0.137. The van der Waals surface area contributed by atoms with Crippen LogP contribution in [0.5, 0.6) is 0 Å². The highest BCUT2D eigenvalue weighted by atomic mass is 16.2. The lowest BCUT2D eigenvalue weighted by Crippen LogP contribution is -2.58. The van der Waals surface area contributed by atoms with E-state index in [9.17, 15) is 4.79 Å². The molecule has 0 spiro atoms. The molecule has 0 N–H and O–H groups in total. The molecule has 3 fully saturated rings. The molecule has 0 radical (unpaired) electrons. The molecule has 1 aliphatic carbocycles. The first kappa shape index (κ1) is 20.7. The van der Waals surface area contributed by atoms with Crippen molar-refractivity contribution in [3.8, 4) is 0 Å². The number of piperazine rings is 2. The minimum absolute atomic E-state index is 0.00789. The predicted molar refractivity (Wildman–Crippen MR) is 119 cm³/mol. The molecule has 5 nitrogen and oxygen atoms in total. The van der Waals surface area contributed by atoms with Gasteiger partial charge in [0.15, 0.2) is 0 Å². The molecule has 0 unspecified atom stereocenters. The van der Waals surface area contributed by atoms with Crippen molar-refractivity contribution in [3.63, 3.8) is 0 Å². The molecule has 2 heterocycles. The normalized spacial score (nSPS) is 23.9. The third kappa shape index (κ3) is 4.77. The number of carbonyl (C=O) groups excluding carboxylic acids is 1. The first-order valence-electron chi connectivity index (χ1n) is 11.7. The summed E-state index contributed by atoms with van der Waals surface area (Å²) in [6.45, 7) is 12.1. The second kappa shape index (κ2) is 9.48. The monoisotopic (exact) mass is 398 g/mol. The fraction of sp³-hybridized carbons (Fsp3) is 0.708. The maximum atomic E-state index is 13.1. The lowest BCUT2D eigenvalue weighted by atomic mass is 9.93. The molecular weight excluding hydrogens is 360 g/mol. The highest BCUT2D eigenvalue weighted by Gasteiger charge is 2.32. The van der Waals surface area contributed by atoms with Crippen molar-refractivity contribution < 1.29 is 4.79 Å². The summed E-state index contributed by atoms with van der Waals surface area (Å²) in [5.41, 5.74) is 2.63. The van der Waals surface area contributed by atoms with Crippen LogP contribution >= 0.6 is 0 Å². The number of para-hydroxylation sites is 1. The number of rotatable bonds is 4. The average Bonchev–Trinajstić information content (AvgIpc) is 2.79. The summed E-state index contributed by atoms with van der Waals surface area (Å²) < 4.78 is 0. The van der Waals surface area contributed by atoms with Crippen molar-refractivity contribution in [2.45, 2.75) is 58.0 Å². The van der Waals surface area contributed by atoms with Gasteiger partial charge in [0.2, 0.25) is 5.91 Å². The van der Waals surface area contributed by atoms with Gasteiger partial charge in [0, 0.05) is 64.1 Å². The van der Waals surface area contributed by atoms with Crippen molar-refractivity contribution in [2.24, 2.45) is 0 Å². The molecule has 3 aliphatic rings. The molecule has 1 saturated carbocycles. The van der Waals surface area contributed by atoms with E-state index in [1.54, 1.807) is 0 Å². The van der Waals surface area contributed by atoms with Crippen LogP contribution in [0.1, 0.15) is 44.6 Å².